The summed E-state index contributed by atoms with van der Waals surface area (Å²) in [5.74, 6) is -0.236. The summed E-state index contributed by atoms with van der Waals surface area (Å²) in [6, 6.07) is 1.14. The van der Waals surface area contributed by atoms with Gasteiger partial charge in [-0.2, -0.15) is 4.31 Å². The van der Waals surface area contributed by atoms with Crippen LogP contribution in [0, 0.1) is 5.92 Å². The highest BCUT2D eigenvalue weighted by atomic mass is 35.5. The van der Waals surface area contributed by atoms with Crippen molar-refractivity contribution in [2.75, 3.05) is 20.1 Å². The highest BCUT2D eigenvalue weighted by molar-refractivity contribution is 7.89. The Balaban J connectivity index is 2.16. The first-order chi connectivity index (χ1) is 9.86. The molecule has 9 heteroatoms. The Labute approximate surface area is 127 Å². The molecule has 0 atom stereocenters. The molecule has 7 nitrogen and oxygen atoms in total. The minimum absolute atomic E-state index is 0.0505. The van der Waals surface area contributed by atoms with Gasteiger partial charge in [0.1, 0.15) is 5.02 Å². The van der Waals surface area contributed by atoms with E-state index in [1.807, 2.05) is 0 Å². The Morgan fingerprint density at radius 1 is 1.43 bits per heavy atom. The van der Waals surface area contributed by atoms with Gasteiger partial charge in [0.05, 0.1) is 4.90 Å². The van der Waals surface area contributed by atoms with Gasteiger partial charge < -0.3 is 10.3 Å². The molecule has 21 heavy (non-hydrogen) atoms. The second-order valence-electron chi connectivity index (χ2n) is 4.81. The standard InChI is InChI=1S/C12H16ClN3O4S/c1-14-11(17)8-2-4-16(5-3-8)21(19,20)9-6-10(13)12(18)15-7-9/h6-8H,2-5H2,1H3,(H,14,17)(H,15,18). The van der Waals surface area contributed by atoms with Crippen molar-refractivity contribution in [1.82, 2.24) is 14.6 Å². The third-order valence-electron chi connectivity index (χ3n) is 3.54. The van der Waals surface area contributed by atoms with Gasteiger partial charge in [-0.3, -0.25) is 9.59 Å². The summed E-state index contributed by atoms with van der Waals surface area (Å²) in [5.41, 5.74) is -0.533. The van der Waals surface area contributed by atoms with Gasteiger partial charge in [-0.1, -0.05) is 11.6 Å². The highest BCUT2D eigenvalue weighted by Gasteiger charge is 2.32. The first-order valence-electron chi connectivity index (χ1n) is 6.46. The fourth-order valence-corrected chi connectivity index (χ4v) is 4.00. The molecule has 1 aromatic heterocycles. The monoisotopic (exact) mass is 333 g/mol. The normalized spacial score (nSPS) is 17.6. The fourth-order valence-electron chi connectivity index (χ4n) is 2.30. The third-order valence-corrected chi connectivity index (χ3v) is 5.70. The van der Waals surface area contributed by atoms with Gasteiger partial charge in [-0.05, 0) is 18.9 Å². The van der Waals surface area contributed by atoms with Crippen LogP contribution in [-0.2, 0) is 14.8 Å². The zero-order chi connectivity index (χ0) is 15.6. The number of aromatic amines is 1. The number of piperidine rings is 1. The lowest BCUT2D eigenvalue weighted by molar-refractivity contribution is -0.125. The number of pyridine rings is 1. The molecule has 0 bridgehead atoms. The van der Waals surface area contributed by atoms with Crippen LogP contribution in [0.2, 0.25) is 5.02 Å². The lowest BCUT2D eigenvalue weighted by Crippen LogP contribution is -2.42. The summed E-state index contributed by atoms with van der Waals surface area (Å²) in [5, 5.41) is 2.40. The zero-order valence-corrected chi connectivity index (χ0v) is 13.0. The molecule has 0 unspecified atom stereocenters. The summed E-state index contributed by atoms with van der Waals surface area (Å²) >= 11 is 5.66. The molecule has 1 aromatic rings. The first kappa shape index (κ1) is 16.0. The molecule has 116 valence electrons. The number of halogens is 1. The van der Waals surface area contributed by atoms with E-state index in [1.54, 1.807) is 7.05 Å². The molecule has 0 radical (unpaired) electrons. The Morgan fingerprint density at radius 3 is 2.57 bits per heavy atom. The Bertz CT molecular complexity index is 693. The van der Waals surface area contributed by atoms with E-state index in [1.165, 1.54) is 4.31 Å². The van der Waals surface area contributed by atoms with Gasteiger partial charge >= 0.3 is 0 Å². The molecule has 1 amide bonds. The van der Waals surface area contributed by atoms with E-state index in [2.05, 4.69) is 10.3 Å². The fraction of sp³-hybridized carbons (Fsp3) is 0.500. The number of carbonyl (C=O) groups is 1. The van der Waals surface area contributed by atoms with Gasteiger partial charge in [0.25, 0.3) is 5.56 Å². The Hall–Kier alpha value is -1.38. The summed E-state index contributed by atoms with van der Waals surface area (Å²) in [7, 11) is -2.15. The number of nitrogens with zero attached hydrogens (tertiary/aromatic N) is 1. The number of amides is 1. The van der Waals surface area contributed by atoms with E-state index in [0.717, 1.165) is 12.3 Å². The predicted molar refractivity (Wildman–Crippen MR) is 77.6 cm³/mol. The number of hydrogen-bond acceptors (Lipinski definition) is 4. The van der Waals surface area contributed by atoms with Crippen molar-refractivity contribution in [3.8, 4) is 0 Å². The lowest BCUT2D eigenvalue weighted by Gasteiger charge is -2.30. The van der Waals surface area contributed by atoms with Crippen molar-refractivity contribution in [3.05, 3.63) is 27.6 Å². The lowest BCUT2D eigenvalue weighted by atomic mass is 9.97. The molecule has 2 N–H and O–H groups in total. The van der Waals surface area contributed by atoms with Crippen molar-refractivity contribution in [2.24, 2.45) is 5.92 Å². The van der Waals surface area contributed by atoms with Crippen LogP contribution >= 0.6 is 11.6 Å². The van der Waals surface area contributed by atoms with E-state index in [9.17, 15) is 18.0 Å². The zero-order valence-electron chi connectivity index (χ0n) is 11.4. The van der Waals surface area contributed by atoms with Crippen molar-refractivity contribution >= 4 is 27.5 Å². The largest absolute Gasteiger partial charge is 0.359 e. The maximum atomic E-state index is 12.4. The maximum Gasteiger partial charge on any atom is 0.266 e. The minimum atomic E-state index is -3.71. The van der Waals surface area contributed by atoms with Gasteiger partial charge in [-0.25, -0.2) is 8.42 Å². The van der Waals surface area contributed by atoms with Crippen molar-refractivity contribution in [3.63, 3.8) is 0 Å². The van der Waals surface area contributed by atoms with Crippen LogP contribution in [0.15, 0.2) is 22.0 Å². The topological polar surface area (TPSA) is 99.3 Å². The maximum absolute atomic E-state index is 12.4. The summed E-state index contributed by atoms with van der Waals surface area (Å²) in [6.45, 7) is 0.522. The number of hydrogen-bond donors (Lipinski definition) is 2. The van der Waals surface area contributed by atoms with E-state index in [-0.39, 0.29) is 34.8 Å². The average molecular weight is 334 g/mol. The van der Waals surface area contributed by atoms with Crippen LogP contribution in [0.3, 0.4) is 0 Å². The van der Waals surface area contributed by atoms with Crippen molar-refractivity contribution in [1.29, 1.82) is 0 Å². The smallest absolute Gasteiger partial charge is 0.266 e. The molecule has 0 aromatic carbocycles. The molecule has 0 aliphatic carbocycles. The second-order valence-corrected chi connectivity index (χ2v) is 7.15. The van der Waals surface area contributed by atoms with Crippen LogP contribution in [0.25, 0.3) is 0 Å². The molecule has 0 saturated carbocycles. The van der Waals surface area contributed by atoms with Gasteiger partial charge in [0, 0.05) is 32.3 Å². The summed E-state index contributed by atoms with van der Waals surface area (Å²) < 4.78 is 26.2. The van der Waals surface area contributed by atoms with Crippen LogP contribution in [-0.4, -0.2) is 43.8 Å². The third kappa shape index (κ3) is 3.28. The van der Waals surface area contributed by atoms with E-state index >= 15 is 0 Å². The number of H-pyrrole nitrogens is 1. The van der Waals surface area contributed by atoms with Crippen molar-refractivity contribution < 1.29 is 13.2 Å². The van der Waals surface area contributed by atoms with Crippen LogP contribution in [0.5, 0.6) is 0 Å². The van der Waals surface area contributed by atoms with Crippen LogP contribution in [0.1, 0.15) is 12.8 Å². The summed E-state index contributed by atoms with van der Waals surface area (Å²) in [4.78, 5) is 25.0. The average Bonchev–Trinajstić information content (AvgIpc) is 2.49. The second kappa shape index (κ2) is 6.17. The Kier molecular flexibility index (Phi) is 4.70. The van der Waals surface area contributed by atoms with E-state index in [0.29, 0.717) is 12.8 Å². The molecule has 2 heterocycles. The Morgan fingerprint density at radius 2 is 2.05 bits per heavy atom. The SMILES string of the molecule is CNC(=O)C1CCN(S(=O)(=O)c2c[nH]c(=O)c(Cl)c2)CC1. The quantitative estimate of drug-likeness (QED) is 0.824. The molecule has 1 fully saturated rings. The molecule has 2 rings (SSSR count). The van der Waals surface area contributed by atoms with Gasteiger partial charge in [0.2, 0.25) is 15.9 Å². The first-order valence-corrected chi connectivity index (χ1v) is 8.28. The number of aromatic nitrogens is 1. The number of nitrogens with one attached hydrogen (secondary N) is 2. The predicted octanol–water partition coefficient (Wildman–Crippen LogP) is 0.175. The van der Waals surface area contributed by atoms with Crippen LogP contribution in [0.4, 0.5) is 0 Å². The molecule has 1 aliphatic heterocycles. The molecule has 1 aliphatic rings. The van der Waals surface area contributed by atoms with Crippen molar-refractivity contribution in [2.45, 2.75) is 17.7 Å². The highest BCUT2D eigenvalue weighted by Crippen LogP contribution is 2.24. The van der Waals surface area contributed by atoms with Crippen LogP contribution < -0.4 is 10.9 Å². The number of rotatable bonds is 3. The molecule has 1 saturated heterocycles. The summed E-state index contributed by atoms with van der Waals surface area (Å²) in [6.07, 6.45) is 2.07. The van der Waals surface area contributed by atoms with E-state index in [4.69, 9.17) is 11.6 Å². The minimum Gasteiger partial charge on any atom is -0.359 e. The molecule has 0 spiro atoms. The number of sulfonamides is 1. The molecular weight excluding hydrogens is 318 g/mol. The molecular formula is C12H16ClN3O4S. The van der Waals surface area contributed by atoms with Gasteiger partial charge in [-0.15, -0.1) is 0 Å². The van der Waals surface area contributed by atoms with E-state index < -0.39 is 15.6 Å². The number of carbonyl (C=O) groups excluding carboxylic acids is 1. The van der Waals surface area contributed by atoms with Gasteiger partial charge in [0.15, 0.2) is 0 Å².